The highest BCUT2D eigenvalue weighted by atomic mass is 19.1. The van der Waals surface area contributed by atoms with Crippen molar-refractivity contribution in [3.8, 4) is 17.2 Å². The van der Waals surface area contributed by atoms with Gasteiger partial charge < -0.3 is 19.5 Å². The lowest BCUT2D eigenvalue weighted by Crippen LogP contribution is -2.36. The number of fused-ring (bicyclic) bond motifs is 1. The Bertz CT molecular complexity index is 1840. The summed E-state index contributed by atoms with van der Waals surface area (Å²) >= 11 is 0. The van der Waals surface area contributed by atoms with Crippen LogP contribution in [0.5, 0.6) is 17.2 Å². The average Bonchev–Trinajstić information content (AvgIpc) is 3.73. The highest BCUT2D eigenvalue weighted by molar-refractivity contribution is 6.06. The highest BCUT2D eigenvalue weighted by Crippen LogP contribution is 2.40. The number of ether oxygens (including phenoxy) is 3. The van der Waals surface area contributed by atoms with Crippen LogP contribution in [0.25, 0.3) is 10.9 Å². The van der Waals surface area contributed by atoms with Gasteiger partial charge in [-0.05, 0) is 68.8 Å². The quantitative estimate of drug-likeness (QED) is 0.104. The molecule has 1 aromatic heterocycles. The first-order valence-electron chi connectivity index (χ1n) is 16.1. The summed E-state index contributed by atoms with van der Waals surface area (Å²) in [6.45, 7) is 10.1. The van der Waals surface area contributed by atoms with E-state index in [0.717, 1.165) is 68.2 Å². The number of nitrogens with one attached hydrogen (secondary N) is 1. The van der Waals surface area contributed by atoms with Crippen LogP contribution in [-0.2, 0) is 16.1 Å². The highest BCUT2D eigenvalue weighted by Gasteiger charge is 2.41. The van der Waals surface area contributed by atoms with Gasteiger partial charge in [0.15, 0.2) is 11.6 Å². The van der Waals surface area contributed by atoms with Crippen molar-refractivity contribution in [2.45, 2.75) is 26.3 Å². The number of allylic oxidation sites excluding steroid dienone is 1. The lowest BCUT2D eigenvalue weighted by atomic mass is 9.87. The SMILES string of the molecule is C=C/C(C(=O)Nc1ccc(Oc2ccnc3cc(CN4CCC5(CCOC5)C4)c(OC)cc23)c(F)c1)=C(/C)N(C)N(C)c1ccccc1. The Balaban J connectivity index is 1.17. The van der Waals surface area contributed by atoms with E-state index in [1.165, 1.54) is 18.2 Å². The van der Waals surface area contributed by atoms with E-state index in [-0.39, 0.29) is 16.9 Å². The van der Waals surface area contributed by atoms with Crippen molar-refractivity contribution in [2.24, 2.45) is 5.41 Å². The molecule has 2 aliphatic rings. The molecule has 6 rings (SSSR count). The van der Waals surface area contributed by atoms with E-state index in [2.05, 4.69) is 21.8 Å². The number of methoxy groups -OCH3 is 1. The number of carbonyl (C=O) groups is 1. The summed E-state index contributed by atoms with van der Waals surface area (Å²) in [5.41, 5.74) is 4.31. The predicted molar refractivity (Wildman–Crippen MR) is 187 cm³/mol. The van der Waals surface area contributed by atoms with Crippen LogP contribution < -0.4 is 19.8 Å². The molecule has 3 aromatic carbocycles. The number of hydrogen-bond donors (Lipinski definition) is 1. The molecule has 2 fully saturated rings. The zero-order valence-electron chi connectivity index (χ0n) is 28.0. The van der Waals surface area contributed by atoms with E-state index in [0.29, 0.717) is 22.4 Å². The van der Waals surface area contributed by atoms with Gasteiger partial charge in [0.2, 0.25) is 0 Å². The predicted octanol–water partition coefficient (Wildman–Crippen LogP) is 7.17. The monoisotopic (exact) mass is 651 g/mol. The number of rotatable bonds is 11. The Labute approximate surface area is 281 Å². The molecule has 0 bridgehead atoms. The molecule has 3 heterocycles. The van der Waals surface area contributed by atoms with Gasteiger partial charge in [-0.1, -0.05) is 30.9 Å². The van der Waals surface area contributed by atoms with Gasteiger partial charge in [-0.2, -0.15) is 0 Å². The zero-order chi connectivity index (χ0) is 33.8. The molecule has 1 unspecified atom stereocenters. The summed E-state index contributed by atoms with van der Waals surface area (Å²) < 4.78 is 33.0. The first kappa shape index (κ1) is 33.0. The minimum absolute atomic E-state index is 0.0181. The van der Waals surface area contributed by atoms with Crippen molar-refractivity contribution in [1.82, 2.24) is 14.9 Å². The van der Waals surface area contributed by atoms with Crippen LogP contribution in [0.3, 0.4) is 0 Å². The molecule has 1 spiro atoms. The van der Waals surface area contributed by atoms with Crippen LogP contribution in [0, 0.1) is 11.2 Å². The topological polar surface area (TPSA) is 79.4 Å². The van der Waals surface area contributed by atoms with Crippen LogP contribution in [-0.4, -0.2) is 68.3 Å². The lowest BCUT2D eigenvalue weighted by Gasteiger charge is -2.33. The van der Waals surface area contributed by atoms with E-state index in [9.17, 15) is 4.79 Å². The number of amides is 1. The Kier molecular flexibility index (Phi) is 9.66. The summed E-state index contributed by atoms with van der Waals surface area (Å²) in [6.07, 6.45) is 5.40. The zero-order valence-corrected chi connectivity index (χ0v) is 28.0. The molecule has 2 aliphatic heterocycles. The van der Waals surface area contributed by atoms with Gasteiger partial charge in [-0.15, -0.1) is 0 Å². The first-order chi connectivity index (χ1) is 23.2. The van der Waals surface area contributed by atoms with Crippen molar-refractivity contribution in [1.29, 1.82) is 0 Å². The first-order valence-corrected chi connectivity index (χ1v) is 16.1. The van der Waals surface area contributed by atoms with E-state index < -0.39 is 11.7 Å². The third-order valence-corrected chi connectivity index (χ3v) is 9.51. The molecular weight excluding hydrogens is 609 g/mol. The number of aromatic nitrogens is 1. The Morgan fingerprint density at radius 1 is 1.10 bits per heavy atom. The molecule has 9 nitrogen and oxygen atoms in total. The van der Waals surface area contributed by atoms with E-state index >= 15 is 4.39 Å². The lowest BCUT2D eigenvalue weighted by molar-refractivity contribution is -0.112. The number of hydrogen-bond acceptors (Lipinski definition) is 8. The minimum atomic E-state index is -0.623. The van der Waals surface area contributed by atoms with Gasteiger partial charge >= 0.3 is 0 Å². The molecule has 10 heteroatoms. The Morgan fingerprint density at radius 2 is 1.92 bits per heavy atom. The van der Waals surface area contributed by atoms with Crippen molar-refractivity contribution in [2.75, 3.05) is 57.8 Å². The maximum Gasteiger partial charge on any atom is 0.257 e. The third kappa shape index (κ3) is 6.86. The van der Waals surface area contributed by atoms with Gasteiger partial charge in [0, 0.05) is 73.8 Å². The molecule has 250 valence electrons. The van der Waals surface area contributed by atoms with Crippen LogP contribution in [0.4, 0.5) is 15.8 Å². The van der Waals surface area contributed by atoms with E-state index in [4.69, 9.17) is 14.2 Å². The van der Waals surface area contributed by atoms with Crippen molar-refractivity contribution < 1.29 is 23.4 Å². The number of halogens is 1. The molecule has 1 N–H and O–H groups in total. The maximum absolute atomic E-state index is 15.4. The minimum Gasteiger partial charge on any atom is -0.496 e. The van der Waals surface area contributed by atoms with Gasteiger partial charge in [0.05, 0.1) is 30.5 Å². The van der Waals surface area contributed by atoms with Crippen molar-refractivity contribution in [3.05, 3.63) is 108 Å². The van der Waals surface area contributed by atoms with Crippen molar-refractivity contribution in [3.63, 3.8) is 0 Å². The second-order valence-electron chi connectivity index (χ2n) is 12.5. The number of carbonyl (C=O) groups excluding carboxylic acids is 1. The van der Waals surface area contributed by atoms with Crippen LogP contribution in [0.15, 0.2) is 96.9 Å². The number of pyridine rings is 1. The molecule has 1 amide bonds. The molecule has 1 atom stereocenters. The summed E-state index contributed by atoms with van der Waals surface area (Å²) in [6, 6.07) is 19.8. The number of hydrazine groups is 1. The van der Waals surface area contributed by atoms with Gasteiger partial charge in [0.1, 0.15) is 11.5 Å². The standard InChI is InChI=1S/C38H42FN5O4/c1-6-30(26(2)42(3)43(4)29-10-8-7-9-11-29)37(45)41-28-12-13-35(32(39)21-28)48-34-14-17-40-33-20-27(36(46-5)22-31(33)34)23-44-18-15-38(24-44)16-19-47-25-38/h6-14,17,20-22H,1,15-16,18-19,23-25H2,2-5H3,(H,41,45)/b30-26+. The maximum atomic E-state index is 15.4. The second kappa shape index (κ2) is 14.0. The summed E-state index contributed by atoms with van der Waals surface area (Å²) in [4.78, 5) is 20.3. The number of para-hydroxylation sites is 1. The van der Waals surface area contributed by atoms with Gasteiger partial charge in [-0.3, -0.25) is 24.7 Å². The Hall–Kier alpha value is -4.93. The molecule has 0 radical (unpaired) electrons. The fourth-order valence-corrected chi connectivity index (χ4v) is 6.57. The average molecular weight is 652 g/mol. The molecule has 0 saturated carbocycles. The fourth-order valence-electron chi connectivity index (χ4n) is 6.57. The number of anilines is 2. The smallest absolute Gasteiger partial charge is 0.257 e. The molecule has 0 aliphatic carbocycles. The fraction of sp³-hybridized carbons (Fsp3) is 0.316. The van der Waals surface area contributed by atoms with Crippen LogP contribution >= 0.6 is 0 Å². The molecular formula is C38H42FN5O4. The molecule has 2 saturated heterocycles. The number of benzene rings is 3. The van der Waals surface area contributed by atoms with Crippen LogP contribution in [0.2, 0.25) is 0 Å². The summed E-state index contributed by atoms with van der Waals surface area (Å²) in [7, 11) is 5.42. The number of nitrogens with zero attached hydrogens (tertiary/aromatic N) is 4. The third-order valence-electron chi connectivity index (χ3n) is 9.51. The summed E-state index contributed by atoms with van der Waals surface area (Å²) in [5, 5.41) is 7.27. The van der Waals surface area contributed by atoms with Crippen molar-refractivity contribution >= 4 is 28.2 Å². The normalized spacial score (nSPS) is 18.1. The van der Waals surface area contributed by atoms with E-state index in [1.54, 1.807) is 25.4 Å². The second-order valence-corrected chi connectivity index (χ2v) is 12.5. The largest absolute Gasteiger partial charge is 0.496 e. The van der Waals surface area contributed by atoms with E-state index in [1.807, 2.05) is 73.5 Å². The van der Waals surface area contributed by atoms with Gasteiger partial charge in [0.25, 0.3) is 5.91 Å². The van der Waals surface area contributed by atoms with Gasteiger partial charge in [-0.25, -0.2) is 4.39 Å². The molecule has 48 heavy (non-hydrogen) atoms. The van der Waals surface area contributed by atoms with Crippen LogP contribution in [0.1, 0.15) is 25.3 Å². The Morgan fingerprint density at radius 3 is 2.62 bits per heavy atom. The summed E-state index contributed by atoms with van der Waals surface area (Å²) in [5.74, 6) is 0.158. The number of likely N-dealkylation sites (tertiary alicyclic amines) is 1. The molecule has 4 aromatic rings.